The smallest absolute Gasteiger partial charge is 0.119 e. The first-order valence-electron chi connectivity index (χ1n) is 6.94. The number of hydrogen-bond acceptors (Lipinski definition) is 4. The fourth-order valence-corrected chi connectivity index (χ4v) is 3.02. The van der Waals surface area contributed by atoms with Crippen molar-refractivity contribution in [2.75, 3.05) is 26.7 Å². The van der Waals surface area contributed by atoms with Crippen LogP contribution in [0.25, 0.3) is 0 Å². The summed E-state index contributed by atoms with van der Waals surface area (Å²) < 4.78 is 0. The monoisotopic (exact) mass is 264 g/mol. The van der Waals surface area contributed by atoms with Crippen molar-refractivity contribution in [2.24, 2.45) is 0 Å². The minimum atomic E-state index is 0.126. The van der Waals surface area contributed by atoms with Gasteiger partial charge < -0.3 is 15.1 Å². The van der Waals surface area contributed by atoms with Gasteiger partial charge in [-0.15, -0.1) is 0 Å². The van der Waals surface area contributed by atoms with Gasteiger partial charge in [-0.3, -0.25) is 4.90 Å². The molecule has 2 N–H and O–H groups in total. The minimum Gasteiger partial charge on any atom is -0.508 e. The Kier molecular flexibility index (Phi) is 4.32. The Morgan fingerprint density at radius 2 is 1.79 bits per heavy atom. The summed E-state index contributed by atoms with van der Waals surface area (Å²) in [6, 6.07) is 5.51. The molecular formula is C15H24N2O2. The Hall–Kier alpha value is -1.26. The average molecular weight is 264 g/mol. The van der Waals surface area contributed by atoms with Gasteiger partial charge in [0.2, 0.25) is 0 Å². The molecule has 1 aromatic rings. The SMILES string of the molecule is CC1CN(C)CCCN1C(C)c1cc(O)cc(O)c1. The summed E-state index contributed by atoms with van der Waals surface area (Å²) >= 11 is 0. The Labute approximate surface area is 115 Å². The molecule has 1 fully saturated rings. The van der Waals surface area contributed by atoms with E-state index in [0.717, 1.165) is 31.6 Å². The van der Waals surface area contributed by atoms with E-state index in [1.807, 2.05) is 0 Å². The van der Waals surface area contributed by atoms with E-state index in [4.69, 9.17) is 0 Å². The quantitative estimate of drug-likeness (QED) is 0.859. The van der Waals surface area contributed by atoms with E-state index in [1.165, 1.54) is 6.07 Å². The van der Waals surface area contributed by atoms with Gasteiger partial charge in [-0.2, -0.15) is 0 Å². The van der Waals surface area contributed by atoms with Gasteiger partial charge in [-0.25, -0.2) is 0 Å². The fourth-order valence-electron chi connectivity index (χ4n) is 3.02. The maximum atomic E-state index is 9.62. The van der Waals surface area contributed by atoms with Crippen LogP contribution in [0.15, 0.2) is 18.2 Å². The molecule has 0 aliphatic carbocycles. The zero-order valence-corrected chi connectivity index (χ0v) is 12.0. The van der Waals surface area contributed by atoms with Crippen molar-refractivity contribution in [3.63, 3.8) is 0 Å². The molecule has 0 amide bonds. The molecule has 0 spiro atoms. The van der Waals surface area contributed by atoms with Gasteiger partial charge >= 0.3 is 0 Å². The molecule has 1 heterocycles. The Morgan fingerprint density at radius 3 is 2.42 bits per heavy atom. The fraction of sp³-hybridized carbons (Fsp3) is 0.600. The summed E-state index contributed by atoms with van der Waals surface area (Å²) in [6.07, 6.45) is 1.15. The van der Waals surface area contributed by atoms with E-state index in [9.17, 15) is 10.2 Å². The highest BCUT2D eigenvalue weighted by atomic mass is 16.3. The van der Waals surface area contributed by atoms with Crippen LogP contribution >= 0.6 is 0 Å². The van der Waals surface area contributed by atoms with Gasteiger partial charge in [0.05, 0.1) is 0 Å². The first-order valence-corrected chi connectivity index (χ1v) is 6.94. The summed E-state index contributed by atoms with van der Waals surface area (Å²) in [7, 11) is 2.16. The predicted molar refractivity (Wildman–Crippen MR) is 76.5 cm³/mol. The summed E-state index contributed by atoms with van der Waals surface area (Å²) in [5.74, 6) is 0.253. The molecule has 1 saturated heterocycles. The molecule has 1 aromatic carbocycles. The van der Waals surface area contributed by atoms with Gasteiger partial charge in [0.1, 0.15) is 11.5 Å². The van der Waals surface area contributed by atoms with Crippen molar-refractivity contribution >= 4 is 0 Å². The Morgan fingerprint density at radius 1 is 1.16 bits per heavy atom. The van der Waals surface area contributed by atoms with Crippen LogP contribution in [0.4, 0.5) is 0 Å². The maximum Gasteiger partial charge on any atom is 0.119 e. The first-order chi connectivity index (χ1) is 8.97. The van der Waals surface area contributed by atoms with Crippen LogP contribution in [0.2, 0.25) is 0 Å². The van der Waals surface area contributed by atoms with Crippen LogP contribution in [-0.2, 0) is 0 Å². The zero-order valence-electron chi connectivity index (χ0n) is 12.0. The lowest BCUT2D eigenvalue weighted by Gasteiger charge is -2.33. The molecule has 0 radical (unpaired) electrons. The van der Waals surface area contributed by atoms with Crippen molar-refractivity contribution in [3.8, 4) is 11.5 Å². The Bertz CT molecular complexity index is 416. The zero-order chi connectivity index (χ0) is 14.0. The van der Waals surface area contributed by atoms with Crippen LogP contribution in [0.1, 0.15) is 31.9 Å². The van der Waals surface area contributed by atoms with Crippen LogP contribution in [0.5, 0.6) is 11.5 Å². The molecule has 0 bridgehead atoms. The van der Waals surface area contributed by atoms with Gasteiger partial charge in [0.15, 0.2) is 0 Å². The summed E-state index contributed by atoms with van der Waals surface area (Å²) in [4.78, 5) is 4.80. The number of nitrogens with zero attached hydrogens (tertiary/aromatic N) is 2. The van der Waals surface area contributed by atoms with Crippen molar-refractivity contribution in [1.29, 1.82) is 0 Å². The van der Waals surface area contributed by atoms with E-state index in [2.05, 4.69) is 30.7 Å². The third-order valence-electron chi connectivity index (χ3n) is 4.00. The number of likely N-dealkylation sites (N-methyl/N-ethyl adjacent to an activating group) is 1. The second kappa shape index (κ2) is 5.80. The van der Waals surface area contributed by atoms with Crippen molar-refractivity contribution in [2.45, 2.75) is 32.4 Å². The highest BCUT2D eigenvalue weighted by molar-refractivity contribution is 5.38. The lowest BCUT2D eigenvalue weighted by atomic mass is 10.0. The summed E-state index contributed by atoms with van der Waals surface area (Å²) in [5.41, 5.74) is 0.967. The second-order valence-electron chi connectivity index (χ2n) is 5.66. The number of phenolic OH excluding ortho intramolecular Hbond substituents is 2. The molecule has 19 heavy (non-hydrogen) atoms. The van der Waals surface area contributed by atoms with E-state index in [-0.39, 0.29) is 17.5 Å². The first kappa shape index (κ1) is 14.2. The standard InChI is InChI=1S/C15H24N2O2/c1-11-10-16(3)5-4-6-17(11)12(2)13-7-14(18)9-15(19)8-13/h7-9,11-12,18-19H,4-6,10H2,1-3H3. The minimum absolute atomic E-state index is 0.126. The molecule has 2 rings (SSSR count). The normalized spacial score (nSPS) is 24.1. The van der Waals surface area contributed by atoms with Gasteiger partial charge in [0, 0.05) is 31.2 Å². The molecular weight excluding hydrogens is 240 g/mol. The van der Waals surface area contributed by atoms with Crippen LogP contribution in [0, 0.1) is 0 Å². The second-order valence-corrected chi connectivity index (χ2v) is 5.66. The van der Waals surface area contributed by atoms with Crippen molar-refractivity contribution in [3.05, 3.63) is 23.8 Å². The summed E-state index contributed by atoms with van der Waals surface area (Å²) in [5, 5.41) is 19.2. The third kappa shape index (κ3) is 3.39. The molecule has 2 atom stereocenters. The van der Waals surface area contributed by atoms with E-state index < -0.39 is 0 Å². The molecule has 0 aromatic heterocycles. The van der Waals surface area contributed by atoms with Crippen molar-refractivity contribution in [1.82, 2.24) is 9.80 Å². The number of phenols is 2. The molecule has 4 nitrogen and oxygen atoms in total. The molecule has 4 heteroatoms. The number of aromatic hydroxyl groups is 2. The number of benzene rings is 1. The highest BCUT2D eigenvalue weighted by Gasteiger charge is 2.25. The van der Waals surface area contributed by atoms with Gasteiger partial charge in [-0.1, -0.05) is 0 Å². The lowest BCUT2D eigenvalue weighted by Crippen LogP contribution is -2.39. The Balaban J connectivity index is 2.19. The van der Waals surface area contributed by atoms with Crippen LogP contribution in [0.3, 0.4) is 0 Å². The highest BCUT2D eigenvalue weighted by Crippen LogP contribution is 2.30. The third-order valence-corrected chi connectivity index (χ3v) is 4.00. The largest absolute Gasteiger partial charge is 0.508 e. The molecule has 106 valence electrons. The maximum absolute atomic E-state index is 9.62. The molecule has 1 aliphatic heterocycles. The molecule has 1 aliphatic rings. The van der Waals surface area contributed by atoms with Crippen molar-refractivity contribution < 1.29 is 10.2 Å². The van der Waals surface area contributed by atoms with E-state index in [1.54, 1.807) is 12.1 Å². The number of hydrogen-bond donors (Lipinski definition) is 2. The molecule has 0 saturated carbocycles. The lowest BCUT2D eigenvalue weighted by molar-refractivity contribution is 0.152. The average Bonchev–Trinajstić information content (AvgIpc) is 2.48. The topological polar surface area (TPSA) is 46.9 Å². The van der Waals surface area contributed by atoms with Gasteiger partial charge in [0.25, 0.3) is 0 Å². The van der Waals surface area contributed by atoms with Crippen LogP contribution in [-0.4, -0.2) is 52.7 Å². The van der Waals surface area contributed by atoms with E-state index >= 15 is 0 Å². The predicted octanol–water partition coefficient (Wildman–Crippen LogP) is 2.18. The van der Waals surface area contributed by atoms with E-state index in [0.29, 0.717) is 6.04 Å². The number of rotatable bonds is 2. The van der Waals surface area contributed by atoms with Gasteiger partial charge in [-0.05, 0) is 51.6 Å². The summed E-state index contributed by atoms with van der Waals surface area (Å²) in [6.45, 7) is 7.59. The van der Waals surface area contributed by atoms with Crippen LogP contribution < -0.4 is 0 Å². The molecule has 2 unspecified atom stereocenters.